The Labute approximate surface area is 102 Å². The second-order valence-electron chi connectivity index (χ2n) is 4.18. The molecule has 5 heteroatoms. The number of thioether (sulfide) groups is 1. The maximum atomic E-state index is 11.2. The predicted octanol–water partition coefficient (Wildman–Crippen LogP) is 1.23. The Hall–Kier alpha value is -0.710. The van der Waals surface area contributed by atoms with E-state index in [0.29, 0.717) is 30.7 Å². The van der Waals surface area contributed by atoms with Gasteiger partial charge in [0.2, 0.25) is 5.91 Å². The summed E-state index contributed by atoms with van der Waals surface area (Å²) in [5.41, 5.74) is 0. The number of rotatable bonds is 5. The summed E-state index contributed by atoms with van der Waals surface area (Å²) in [5.74, 6) is 0.746. The van der Waals surface area contributed by atoms with E-state index in [9.17, 15) is 4.79 Å². The van der Waals surface area contributed by atoms with Crippen LogP contribution in [0.15, 0.2) is 4.99 Å². The average molecular weight is 243 g/mol. The molecule has 1 amide bonds. The van der Waals surface area contributed by atoms with Gasteiger partial charge in [-0.1, -0.05) is 25.6 Å². The van der Waals surface area contributed by atoms with Crippen molar-refractivity contribution in [2.75, 3.05) is 19.6 Å². The van der Waals surface area contributed by atoms with Crippen molar-refractivity contribution in [2.24, 2.45) is 10.9 Å². The van der Waals surface area contributed by atoms with Crippen LogP contribution in [0, 0.1) is 5.92 Å². The number of aliphatic imine (C=N–C) groups is 1. The number of amides is 1. The van der Waals surface area contributed by atoms with E-state index in [1.807, 2.05) is 6.92 Å². The summed E-state index contributed by atoms with van der Waals surface area (Å²) in [4.78, 5) is 15.6. The number of amidine groups is 1. The van der Waals surface area contributed by atoms with Crippen molar-refractivity contribution >= 4 is 22.8 Å². The maximum absolute atomic E-state index is 11.2. The highest BCUT2D eigenvalue weighted by molar-refractivity contribution is 8.14. The van der Waals surface area contributed by atoms with Gasteiger partial charge in [0.05, 0.1) is 6.54 Å². The Bertz CT molecular complexity index is 266. The molecule has 1 unspecified atom stereocenters. The van der Waals surface area contributed by atoms with Crippen molar-refractivity contribution in [3.05, 3.63) is 0 Å². The van der Waals surface area contributed by atoms with Gasteiger partial charge in [-0.2, -0.15) is 0 Å². The topological polar surface area (TPSA) is 53.5 Å². The van der Waals surface area contributed by atoms with Crippen LogP contribution in [0.25, 0.3) is 0 Å². The maximum Gasteiger partial charge on any atom is 0.221 e. The first-order valence-corrected chi connectivity index (χ1v) is 6.73. The van der Waals surface area contributed by atoms with E-state index in [2.05, 4.69) is 29.5 Å². The van der Waals surface area contributed by atoms with Crippen LogP contribution in [0.2, 0.25) is 0 Å². The molecule has 16 heavy (non-hydrogen) atoms. The van der Waals surface area contributed by atoms with Gasteiger partial charge in [0.1, 0.15) is 0 Å². The van der Waals surface area contributed by atoms with Gasteiger partial charge in [-0.15, -0.1) is 0 Å². The molecular formula is C11H21N3OS. The van der Waals surface area contributed by atoms with Crippen molar-refractivity contribution in [3.63, 3.8) is 0 Å². The van der Waals surface area contributed by atoms with Crippen molar-refractivity contribution in [1.29, 1.82) is 0 Å². The summed E-state index contributed by atoms with van der Waals surface area (Å²) in [7, 11) is 0. The Kier molecular flexibility index (Phi) is 5.66. The Morgan fingerprint density at radius 1 is 1.62 bits per heavy atom. The van der Waals surface area contributed by atoms with Gasteiger partial charge in [0.15, 0.2) is 5.17 Å². The summed E-state index contributed by atoms with van der Waals surface area (Å²) in [6.45, 7) is 8.61. The molecule has 0 saturated carbocycles. The summed E-state index contributed by atoms with van der Waals surface area (Å²) >= 11 is 1.79. The van der Waals surface area contributed by atoms with E-state index in [0.717, 1.165) is 11.7 Å². The fraction of sp³-hybridized carbons (Fsp3) is 0.818. The Balaban J connectivity index is 2.13. The van der Waals surface area contributed by atoms with Gasteiger partial charge < -0.3 is 10.6 Å². The minimum absolute atomic E-state index is 0.0963. The van der Waals surface area contributed by atoms with E-state index in [1.165, 1.54) is 0 Å². The zero-order valence-electron chi connectivity index (χ0n) is 10.2. The first kappa shape index (κ1) is 13.4. The molecule has 2 N–H and O–H groups in total. The Morgan fingerprint density at radius 3 is 2.94 bits per heavy atom. The monoisotopic (exact) mass is 243 g/mol. The lowest BCUT2D eigenvalue weighted by atomic mass is 10.1. The third kappa shape index (κ3) is 4.43. The highest BCUT2D eigenvalue weighted by Gasteiger charge is 2.22. The molecule has 0 aliphatic carbocycles. The van der Waals surface area contributed by atoms with Crippen LogP contribution < -0.4 is 10.6 Å². The average Bonchev–Trinajstić information content (AvgIpc) is 2.67. The molecule has 0 fully saturated rings. The number of nitrogens with zero attached hydrogens (tertiary/aromatic N) is 1. The molecular weight excluding hydrogens is 222 g/mol. The van der Waals surface area contributed by atoms with Gasteiger partial charge in [0.25, 0.3) is 0 Å². The van der Waals surface area contributed by atoms with Crippen molar-refractivity contribution in [3.8, 4) is 0 Å². The van der Waals surface area contributed by atoms with Gasteiger partial charge >= 0.3 is 0 Å². The quantitative estimate of drug-likeness (QED) is 0.763. The lowest BCUT2D eigenvalue weighted by Crippen LogP contribution is -2.29. The van der Waals surface area contributed by atoms with E-state index in [-0.39, 0.29) is 5.91 Å². The van der Waals surface area contributed by atoms with Crippen molar-refractivity contribution < 1.29 is 4.79 Å². The molecule has 1 atom stereocenters. The molecule has 0 radical (unpaired) electrons. The molecule has 1 aliphatic rings. The normalized spacial score (nSPS) is 19.8. The standard InChI is InChI=1S/C11H21N3OS/c1-4-12-10(15)5-6-13-11-14-7-9(16-11)8(2)3/h8-9H,4-7H2,1-3H3,(H,12,15)(H,13,14). The van der Waals surface area contributed by atoms with Crippen LogP contribution in [0.1, 0.15) is 27.2 Å². The predicted molar refractivity (Wildman–Crippen MR) is 69.8 cm³/mol. The highest BCUT2D eigenvalue weighted by atomic mass is 32.2. The molecule has 0 aromatic rings. The van der Waals surface area contributed by atoms with Gasteiger partial charge in [-0.3, -0.25) is 9.79 Å². The smallest absolute Gasteiger partial charge is 0.221 e. The number of carbonyl (C=O) groups is 1. The number of nitrogens with one attached hydrogen (secondary N) is 2. The summed E-state index contributed by atoms with van der Waals surface area (Å²) in [6, 6.07) is 0. The zero-order chi connectivity index (χ0) is 12.0. The largest absolute Gasteiger partial charge is 0.364 e. The highest BCUT2D eigenvalue weighted by Crippen LogP contribution is 2.25. The molecule has 92 valence electrons. The fourth-order valence-electron chi connectivity index (χ4n) is 1.40. The van der Waals surface area contributed by atoms with Crippen LogP contribution in [-0.2, 0) is 4.79 Å². The van der Waals surface area contributed by atoms with Crippen molar-refractivity contribution in [1.82, 2.24) is 10.6 Å². The van der Waals surface area contributed by atoms with E-state index in [4.69, 9.17) is 0 Å². The van der Waals surface area contributed by atoms with E-state index in [1.54, 1.807) is 11.8 Å². The molecule has 0 saturated heterocycles. The van der Waals surface area contributed by atoms with Crippen LogP contribution >= 0.6 is 11.8 Å². The summed E-state index contributed by atoms with van der Waals surface area (Å²) in [5, 5.41) is 7.56. The van der Waals surface area contributed by atoms with E-state index < -0.39 is 0 Å². The van der Waals surface area contributed by atoms with E-state index >= 15 is 0 Å². The molecule has 0 aromatic heterocycles. The molecule has 1 heterocycles. The number of carbonyl (C=O) groups excluding carboxylic acids is 1. The van der Waals surface area contributed by atoms with Crippen LogP contribution in [0.3, 0.4) is 0 Å². The molecule has 0 bridgehead atoms. The Morgan fingerprint density at radius 2 is 2.38 bits per heavy atom. The molecule has 1 rings (SSSR count). The van der Waals surface area contributed by atoms with Gasteiger partial charge in [-0.05, 0) is 12.8 Å². The van der Waals surface area contributed by atoms with Crippen LogP contribution in [-0.4, -0.2) is 36.0 Å². The first-order chi connectivity index (χ1) is 7.63. The van der Waals surface area contributed by atoms with Gasteiger partial charge in [0, 0.05) is 24.8 Å². The van der Waals surface area contributed by atoms with Gasteiger partial charge in [-0.25, -0.2) is 0 Å². The second kappa shape index (κ2) is 6.78. The second-order valence-corrected chi connectivity index (χ2v) is 5.40. The first-order valence-electron chi connectivity index (χ1n) is 5.85. The molecule has 0 aromatic carbocycles. The lowest BCUT2D eigenvalue weighted by molar-refractivity contribution is -0.120. The summed E-state index contributed by atoms with van der Waals surface area (Å²) in [6.07, 6.45) is 0.514. The molecule has 4 nitrogen and oxygen atoms in total. The third-order valence-corrected chi connectivity index (χ3v) is 3.92. The zero-order valence-corrected chi connectivity index (χ0v) is 11.1. The lowest BCUT2D eigenvalue weighted by Gasteiger charge is -2.12. The van der Waals surface area contributed by atoms with Crippen LogP contribution in [0.4, 0.5) is 0 Å². The van der Waals surface area contributed by atoms with Crippen LogP contribution in [0.5, 0.6) is 0 Å². The molecule has 1 aliphatic heterocycles. The number of hydrogen-bond acceptors (Lipinski definition) is 4. The minimum atomic E-state index is 0.0963. The minimum Gasteiger partial charge on any atom is -0.364 e. The van der Waals surface area contributed by atoms with Crippen molar-refractivity contribution in [2.45, 2.75) is 32.4 Å². The summed E-state index contributed by atoms with van der Waals surface area (Å²) < 4.78 is 0. The SMILES string of the molecule is CCNC(=O)CCNC1=NCC(C(C)C)S1. The fourth-order valence-corrected chi connectivity index (χ4v) is 2.45. The third-order valence-electron chi connectivity index (χ3n) is 2.42. The number of hydrogen-bond donors (Lipinski definition) is 2. The molecule has 0 spiro atoms.